The van der Waals surface area contributed by atoms with Crippen LogP contribution in [0.4, 0.5) is 0 Å². The Morgan fingerprint density at radius 1 is 1.10 bits per heavy atom. The molecular formula is C7H14BrN2+. The highest BCUT2D eigenvalue weighted by Gasteiger charge is 2.36. The summed E-state index contributed by atoms with van der Waals surface area (Å²) in [5.74, 6) is 0. The first-order chi connectivity index (χ1) is 4.85. The van der Waals surface area contributed by atoms with E-state index in [2.05, 4.69) is 20.8 Å². The van der Waals surface area contributed by atoms with Crippen molar-refractivity contribution in [3.05, 3.63) is 0 Å². The fourth-order valence-electron chi connectivity index (χ4n) is 1.91. The molecule has 0 radical (unpaired) electrons. The first kappa shape index (κ1) is 7.07. The molecule has 0 spiro atoms. The highest BCUT2D eigenvalue weighted by molar-refractivity contribution is 9.09. The second kappa shape index (κ2) is 2.47. The zero-order valence-corrected chi connectivity index (χ0v) is 7.81. The maximum atomic E-state index is 3.61. The molecule has 10 heavy (non-hydrogen) atoms. The van der Waals surface area contributed by atoms with Gasteiger partial charge < -0.3 is 4.48 Å². The summed E-state index contributed by atoms with van der Waals surface area (Å²) in [5, 5.41) is 0. The van der Waals surface area contributed by atoms with E-state index in [1.54, 1.807) is 0 Å². The monoisotopic (exact) mass is 205 g/mol. The van der Waals surface area contributed by atoms with Crippen LogP contribution in [0.2, 0.25) is 0 Å². The Kier molecular flexibility index (Phi) is 1.74. The molecule has 3 heteroatoms. The first-order valence-electron chi connectivity index (χ1n) is 3.98. The smallest absolute Gasteiger partial charge is 0.134 e. The molecule has 3 rings (SSSR count). The van der Waals surface area contributed by atoms with Gasteiger partial charge in [-0.15, -0.1) is 0 Å². The van der Waals surface area contributed by atoms with Crippen molar-refractivity contribution in [2.45, 2.75) is 0 Å². The fourth-order valence-corrected chi connectivity index (χ4v) is 2.66. The molecule has 3 heterocycles. The normalized spacial score (nSPS) is 45.9. The summed E-state index contributed by atoms with van der Waals surface area (Å²) in [5.41, 5.74) is 1.17. The Labute approximate surface area is 70.5 Å². The number of rotatable bonds is 1. The van der Waals surface area contributed by atoms with Gasteiger partial charge in [0.25, 0.3) is 0 Å². The lowest BCUT2D eigenvalue weighted by molar-refractivity contribution is -0.928. The van der Waals surface area contributed by atoms with Crippen LogP contribution in [0.1, 0.15) is 0 Å². The SMILES string of the molecule is BrC[N+]12CCN(CC1)CC2. The second-order valence-electron chi connectivity index (χ2n) is 3.47. The lowest BCUT2D eigenvalue weighted by atomic mass is 10.2. The number of nitrogens with zero attached hydrogens (tertiary/aromatic N) is 2. The molecule has 0 saturated carbocycles. The Bertz CT molecular complexity index is 116. The molecule has 3 aliphatic rings. The molecule has 0 N–H and O–H groups in total. The summed E-state index contributed by atoms with van der Waals surface area (Å²) in [4.78, 5) is 2.57. The maximum Gasteiger partial charge on any atom is 0.134 e. The summed E-state index contributed by atoms with van der Waals surface area (Å²) >= 11 is 3.61. The standard InChI is InChI=1S/C7H14BrN2/c8-7-10-4-1-9(2-5-10)3-6-10/h1-7H2/q+1. The summed E-state index contributed by atoms with van der Waals surface area (Å²) < 4.78 is 1.33. The van der Waals surface area contributed by atoms with Crippen molar-refractivity contribution in [1.82, 2.24) is 4.90 Å². The molecule has 3 saturated heterocycles. The molecule has 2 nitrogen and oxygen atoms in total. The molecule has 3 aliphatic heterocycles. The maximum absolute atomic E-state index is 3.61. The lowest BCUT2D eigenvalue weighted by Crippen LogP contribution is -2.66. The average molecular weight is 206 g/mol. The minimum atomic E-state index is 1.17. The van der Waals surface area contributed by atoms with Crippen LogP contribution >= 0.6 is 15.9 Å². The summed E-state index contributed by atoms with van der Waals surface area (Å²) in [6.45, 7) is 8.07. The lowest BCUT2D eigenvalue weighted by Gasteiger charge is -2.49. The third kappa shape index (κ3) is 1.00. The second-order valence-corrected chi connectivity index (χ2v) is 3.98. The zero-order valence-electron chi connectivity index (χ0n) is 6.22. The first-order valence-corrected chi connectivity index (χ1v) is 5.10. The van der Waals surface area contributed by atoms with E-state index in [1.165, 1.54) is 49.2 Å². The Morgan fingerprint density at radius 2 is 1.60 bits per heavy atom. The van der Waals surface area contributed by atoms with Gasteiger partial charge >= 0.3 is 0 Å². The van der Waals surface area contributed by atoms with E-state index >= 15 is 0 Å². The van der Waals surface area contributed by atoms with Gasteiger partial charge in [-0.1, -0.05) is 0 Å². The van der Waals surface area contributed by atoms with Crippen molar-refractivity contribution >= 4 is 15.9 Å². The van der Waals surface area contributed by atoms with Gasteiger partial charge in [0, 0.05) is 19.6 Å². The van der Waals surface area contributed by atoms with Crippen molar-refractivity contribution in [3.8, 4) is 0 Å². The van der Waals surface area contributed by atoms with Crippen molar-refractivity contribution in [2.24, 2.45) is 0 Å². The molecule has 58 valence electrons. The van der Waals surface area contributed by atoms with E-state index in [1.807, 2.05) is 0 Å². The minimum Gasteiger partial charge on any atom is -0.312 e. The van der Waals surface area contributed by atoms with Gasteiger partial charge in [0.1, 0.15) is 5.45 Å². The number of halogens is 1. The van der Waals surface area contributed by atoms with Gasteiger partial charge in [0.2, 0.25) is 0 Å². The van der Waals surface area contributed by atoms with Gasteiger partial charge in [0.15, 0.2) is 0 Å². The molecule has 0 aromatic rings. The van der Waals surface area contributed by atoms with Gasteiger partial charge in [-0.25, -0.2) is 0 Å². The summed E-state index contributed by atoms with van der Waals surface area (Å²) in [6, 6.07) is 0. The highest BCUT2D eigenvalue weighted by Crippen LogP contribution is 2.20. The van der Waals surface area contributed by atoms with Crippen LogP contribution < -0.4 is 0 Å². The number of alkyl halides is 1. The number of piperazine rings is 3. The molecule has 0 atom stereocenters. The Hall–Kier alpha value is 0.400. The van der Waals surface area contributed by atoms with Crippen LogP contribution in [-0.2, 0) is 0 Å². The third-order valence-corrected chi connectivity index (χ3v) is 3.99. The minimum absolute atomic E-state index is 1.17. The Morgan fingerprint density at radius 3 is 1.90 bits per heavy atom. The number of fused-ring (bicyclic) bond motifs is 3. The van der Waals surface area contributed by atoms with Crippen molar-refractivity contribution < 1.29 is 4.48 Å². The van der Waals surface area contributed by atoms with Crippen LogP contribution in [0.5, 0.6) is 0 Å². The van der Waals surface area contributed by atoms with E-state index in [9.17, 15) is 0 Å². The van der Waals surface area contributed by atoms with Gasteiger partial charge in [0.05, 0.1) is 19.6 Å². The predicted octanol–water partition coefficient (Wildman–Crippen LogP) is 0.485. The van der Waals surface area contributed by atoms with Crippen LogP contribution in [0.3, 0.4) is 0 Å². The quantitative estimate of drug-likeness (QED) is 0.343. The number of quaternary nitrogens is 1. The molecule has 0 amide bonds. The van der Waals surface area contributed by atoms with Gasteiger partial charge in [-0.2, -0.15) is 0 Å². The molecule has 2 bridgehead atoms. The van der Waals surface area contributed by atoms with Crippen LogP contribution in [0, 0.1) is 0 Å². The molecule has 0 unspecified atom stereocenters. The zero-order chi connectivity index (χ0) is 7.03. The summed E-state index contributed by atoms with van der Waals surface area (Å²) in [6.07, 6.45) is 0. The van der Waals surface area contributed by atoms with Crippen LogP contribution in [0.25, 0.3) is 0 Å². The topological polar surface area (TPSA) is 3.24 Å². The average Bonchev–Trinajstić information content (AvgIpc) is 2.08. The van der Waals surface area contributed by atoms with Gasteiger partial charge in [-0.3, -0.25) is 4.90 Å². The third-order valence-electron chi connectivity index (χ3n) is 2.93. The van der Waals surface area contributed by atoms with Crippen molar-refractivity contribution in [3.63, 3.8) is 0 Å². The summed E-state index contributed by atoms with van der Waals surface area (Å²) in [7, 11) is 0. The number of hydrogen-bond acceptors (Lipinski definition) is 1. The fraction of sp³-hybridized carbons (Fsp3) is 1.00. The van der Waals surface area contributed by atoms with Crippen molar-refractivity contribution in [2.75, 3.05) is 44.7 Å². The van der Waals surface area contributed by atoms with Crippen LogP contribution in [-0.4, -0.2) is 54.1 Å². The largest absolute Gasteiger partial charge is 0.312 e. The number of hydrogen-bond donors (Lipinski definition) is 0. The van der Waals surface area contributed by atoms with E-state index < -0.39 is 0 Å². The highest BCUT2D eigenvalue weighted by atomic mass is 79.9. The van der Waals surface area contributed by atoms with E-state index in [0.29, 0.717) is 0 Å². The molecular weight excluding hydrogens is 192 g/mol. The Balaban J connectivity index is 2.08. The van der Waals surface area contributed by atoms with Crippen LogP contribution in [0.15, 0.2) is 0 Å². The molecule has 0 aliphatic carbocycles. The van der Waals surface area contributed by atoms with E-state index in [-0.39, 0.29) is 0 Å². The van der Waals surface area contributed by atoms with E-state index in [4.69, 9.17) is 0 Å². The molecule has 3 fully saturated rings. The molecule has 0 aromatic heterocycles. The predicted molar refractivity (Wildman–Crippen MR) is 45.1 cm³/mol. The molecule has 0 aromatic carbocycles. The van der Waals surface area contributed by atoms with Crippen molar-refractivity contribution in [1.29, 1.82) is 0 Å². The van der Waals surface area contributed by atoms with E-state index in [0.717, 1.165) is 0 Å². The van der Waals surface area contributed by atoms with Gasteiger partial charge in [-0.05, 0) is 15.9 Å².